The van der Waals surface area contributed by atoms with E-state index in [-0.39, 0.29) is 0 Å². The number of hydrogen-bond donors (Lipinski definition) is 1. The van der Waals surface area contributed by atoms with Crippen molar-refractivity contribution in [2.24, 2.45) is 10.9 Å². The van der Waals surface area contributed by atoms with Crippen LogP contribution in [-0.2, 0) is 17.9 Å². The van der Waals surface area contributed by atoms with Crippen molar-refractivity contribution < 1.29 is 14.2 Å². The lowest BCUT2D eigenvalue weighted by Crippen LogP contribution is -2.40. The van der Waals surface area contributed by atoms with E-state index in [0.29, 0.717) is 25.9 Å². The van der Waals surface area contributed by atoms with Crippen LogP contribution in [0, 0.1) is 5.92 Å². The predicted octanol–water partition coefficient (Wildman–Crippen LogP) is 3.42. The topological polar surface area (TPSA) is 55.3 Å². The standard InChI is InChI=1S/C23H29N3O3/c1-2-24-23(25-13-19-8-9-21-22(12-19)29-17-28-21)26-11-10-20(14-26)16-27-15-18-6-4-3-5-7-18/h3-9,12,20H,2,10-11,13-17H2,1H3,(H,24,25). The Bertz CT molecular complexity index is 825. The molecule has 4 rings (SSSR count). The lowest BCUT2D eigenvalue weighted by molar-refractivity contribution is 0.0906. The van der Waals surface area contributed by atoms with Crippen molar-refractivity contribution in [3.05, 3.63) is 59.7 Å². The minimum atomic E-state index is 0.298. The van der Waals surface area contributed by atoms with Gasteiger partial charge in [-0.05, 0) is 36.6 Å². The van der Waals surface area contributed by atoms with Crippen molar-refractivity contribution in [1.29, 1.82) is 0 Å². The number of likely N-dealkylation sites (tertiary alicyclic amines) is 1. The highest BCUT2D eigenvalue weighted by Crippen LogP contribution is 2.32. The third kappa shape index (κ3) is 5.21. The second-order valence-corrected chi connectivity index (χ2v) is 7.46. The summed E-state index contributed by atoms with van der Waals surface area (Å²) in [5.74, 6) is 3.12. The van der Waals surface area contributed by atoms with Crippen LogP contribution in [0.1, 0.15) is 24.5 Å². The van der Waals surface area contributed by atoms with Crippen molar-refractivity contribution in [3.63, 3.8) is 0 Å². The van der Waals surface area contributed by atoms with E-state index in [0.717, 1.165) is 55.7 Å². The summed E-state index contributed by atoms with van der Waals surface area (Å²) in [6.07, 6.45) is 1.13. The molecule has 0 amide bonds. The van der Waals surface area contributed by atoms with Crippen molar-refractivity contribution in [1.82, 2.24) is 10.2 Å². The second kappa shape index (κ2) is 9.65. The molecule has 154 valence electrons. The normalized spacial score (nSPS) is 18.3. The lowest BCUT2D eigenvalue weighted by Gasteiger charge is -2.21. The molecule has 1 unspecified atom stereocenters. The fraction of sp³-hybridized carbons (Fsp3) is 0.435. The summed E-state index contributed by atoms with van der Waals surface area (Å²) < 4.78 is 16.8. The fourth-order valence-corrected chi connectivity index (χ4v) is 3.71. The van der Waals surface area contributed by atoms with Gasteiger partial charge in [0.05, 0.1) is 19.8 Å². The highest BCUT2D eigenvalue weighted by atomic mass is 16.7. The van der Waals surface area contributed by atoms with Crippen LogP contribution in [0.5, 0.6) is 11.5 Å². The molecule has 1 saturated heterocycles. The van der Waals surface area contributed by atoms with E-state index in [1.54, 1.807) is 0 Å². The van der Waals surface area contributed by atoms with Crippen LogP contribution in [0.4, 0.5) is 0 Å². The van der Waals surface area contributed by atoms with Gasteiger partial charge in [-0.3, -0.25) is 0 Å². The molecular weight excluding hydrogens is 366 g/mol. The zero-order valence-corrected chi connectivity index (χ0v) is 17.0. The maximum Gasteiger partial charge on any atom is 0.231 e. The molecule has 29 heavy (non-hydrogen) atoms. The van der Waals surface area contributed by atoms with Gasteiger partial charge in [-0.1, -0.05) is 36.4 Å². The Labute approximate surface area is 172 Å². The SMILES string of the molecule is CCNC(=NCc1ccc2c(c1)OCO2)N1CCC(COCc2ccccc2)C1. The molecule has 2 aromatic rings. The number of nitrogens with zero attached hydrogens (tertiary/aromatic N) is 2. The minimum absolute atomic E-state index is 0.298. The lowest BCUT2D eigenvalue weighted by atomic mass is 10.1. The first-order chi connectivity index (χ1) is 14.3. The molecule has 2 heterocycles. The first-order valence-corrected chi connectivity index (χ1v) is 10.4. The molecule has 1 fully saturated rings. The van der Waals surface area contributed by atoms with Crippen LogP contribution in [-0.4, -0.2) is 43.9 Å². The number of ether oxygens (including phenoxy) is 3. The molecule has 0 bridgehead atoms. The Morgan fingerprint density at radius 1 is 1.14 bits per heavy atom. The summed E-state index contributed by atoms with van der Waals surface area (Å²) in [7, 11) is 0. The summed E-state index contributed by atoms with van der Waals surface area (Å²) in [6, 6.07) is 16.4. The Kier molecular flexibility index (Phi) is 6.52. The quantitative estimate of drug-likeness (QED) is 0.575. The molecule has 0 aliphatic carbocycles. The number of rotatable bonds is 7. The molecule has 2 aliphatic heterocycles. The number of benzene rings is 2. The van der Waals surface area contributed by atoms with Crippen LogP contribution in [0.3, 0.4) is 0 Å². The summed E-state index contributed by atoms with van der Waals surface area (Å²) in [5, 5.41) is 3.43. The van der Waals surface area contributed by atoms with Gasteiger partial charge in [0.1, 0.15) is 0 Å². The molecule has 6 nitrogen and oxygen atoms in total. The van der Waals surface area contributed by atoms with Gasteiger partial charge in [-0.25, -0.2) is 4.99 Å². The van der Waals surface area contributed by atoms with Gasteiger partial charge in [0, 0.05) is 25.6 Å². The summed E-state index contributed by atoms with van der Waals surface area (Å²) in [6.45, 7) is 7.31. The second-order valence-electron chi connectivity index (χ2n) is 7.46. The Hall–Kier alpha value is -2.73. The third-order valence-electron chi connectivity index (χ3n) is 5.23. The first kappa shape index (κ1) is 19.6. The summed E-state index contributed by atoms with van der Waals surface area (Å²) in [4.78, 5) is 7.19. The van der Waals surface area contributed by atoms with Crippen molar-refractivity contribution in [2.45, 2.75) is 26.5 Å². The molecule has 0 aromatic heterocycles. The largest absolute Gasteiger partial charge is 0.454 e. The molecule has 1 atom stereocenters. The number of fused-ring (bicyclic) bond motifs is 1. The van der Waals surface area contributed by atoms with Crippen molar-refractivity contribution in [2.75, 3.05) is 33.0 Å². The number of nitrogens with one attached hydrogen (secondary N) is 1. The molecular formula is C23H29N3O3. The van der Waals surface area contributed by atoms with Crippen molar-refractivity contribution >= 4 is 5.96 Å². The van der Waals surface area contributed by atoms with E-state index in [1.807, 2.05) is 24.3 Å². The molecule has 6 heteroatoms. The van der Waals surface area contributed by atoms with E-state index in [4.69, 9.17) is 19.2 Å². The van der Waals surface area contributed by atoms with E-state index in [2.05, 4.69) is 41.4 Å². The van der Waals surface area contributed by atoms with E-state index in [9.17, 15) is 0 Å². The zero-order chi connectivity index (χ0) is 19.9. The fourth-order valence-electron chi connectivity index (χ4n) is 3.71. The maximum absolute atomic E-state index is 5.95. The van der Waals surface area contributed by atoms with Gasteiger partial charge >= 0.3 is 0 Å². The van der Waals surface area contributed by atoms with Crippen LogP contribution in [0.2, 0.25) is 0 Å². The van der Waals surface area contributed by atoms with Crippen LogP contribution < -0.4 is 14.8 Å². The van der Waals surface area contributed by atoms with Crippen LogP contribution in [0.15, 0.2) is 53.5 Å². The minimum Gasteiger partial charge on any atom is -0.454 e. The van der Waals surface area contributed by atoms with Gasteiger partial charge in [0.15, 0.2) is 17.5 Å². The van der Waals surface area contributed by atoms with Gasteiger partial charge in [-0.15, -0.1) is 0 Å². The molecule has 1 N–H and O–H groups in total. The average molecular weight is 396 g/mol. The molecule has 2 aromatic carbocycles. The first-order valence-electron chi connectivity index (χ1n) is 10.4. The smallest absolute Gasteiger partial charge is 0.231 e. The average Bonchev–Trinajstić information content (AvgIpc) is 3.41. The molecule has 0 radical (unpaired) electrons. The summed E-state index contributed by atoms with van der Waals surface area (Å²) in [5.41, 5.74) is 2.34. The molecule has 0 spiro atoms. The summed E-state index contributed by atoms with van der Waals surface area (Å²) >= 11 is 0. The highest BCUT2D eigenvalue weighted by Gasteiger charge is 2.25. The number of guanidine groups is 1. The van der Waals surface area contributed by atoms with Gasteiger partial charge < -0.3 is 24.4 Å². The Balaban J connectivity index is 1.29. The monoisotopic (exact) mass is 395 g/mol. The van der Waals surface area contributed by atoms with E-state index < -0.39 is 0 Å². The molecule has 2 aliphatic rings. The van der Waals surface area contributed by atoms with E-state index in [1.165, 1.54) is 5.56 Å². The van der Waals surface area contributed by atoms with Crippen molar-refractivity contribution in [3.8, 4) is 11.5 Å². The van der Waals surface area contributed by atoms with Gasteiger partial charge in [0.2, 0.25) is 6.79 Å². The van der Waals surface area contributed by atoms with Gasteiger partial charge in [-0.2, -0.15) is 0 Å². The Morgan fingerprint density at radius 2 is 2.00 bits per heavy atom. The highest BCUT2D eigenvalue weighted by molar-refractivity contribution is 5.80. The van der Waals surface area contributed by atoms with Crippen LogP contribution >= 0.6 is 0 Å². The maximum atomic E-state index is 5.95. The van der Waals surface area contributed by atoms with Gasteiger partial charge in [0.25, 0.3) is 0 Å². The zero-order valence-electron chi connectivity index (χ0n) is 17.0. The number of aliphatic imine (C=N–C) groups is 1. The number of hydrogen-bond acceptors (Lipinski definition) is 4. The van der Waals surface area contributed by atoms with E-state index >= 15 is 0 Å². The van der Waals surface area contributed by atoms with Crippen LogP contribution in [0.25, 0.3) is 0 Å². The Morgan fingerprint density at radius 3 is 2.86 bits per heavy atom. The third-order valence-corrected chi connectivity index (χ3v) is 5.23. The molecule has 0 saturated carbocycles. The predicted molar refractivity (Wildman–Crippen MR) is 113 cm³/mol.